The molecular formula is C36H37F3N4O6. The predicted octanol–water partition coefficient (Wildman–Crippen LogP) is 6.01. The van der Waals surface area contributed by atoms with Crippen molar-refractivity contribution in [3.05, 3.63) is 100 Å². The van der Waals surface area contributed by atoms with Crippen LogP contribution in [0.1, 0.15) is 36.9 Å². The summed E-state index contributed by atoms with van der Waals surface area (Å²) >= 11 is 0. The van der Waals surface area contributed by atoms with Crippen molar-refractivity contribution < 1.29 is 37.3 Å². The van der Waals surface area contributed by atoms with Gasteiger partial charge >= 0.3 is 18.2 Å². The van der Waals surface area contributed by atoms with Crippen molar-refractivity contribution in [3.8, 4) is 22.9 Å². The number of alkyl carbamates (subject to hydrolysis) is 1. The van der Waals surface area contributed by atoms with Crippen molar-refractivity contribution >= 4 is 22.8 Å². The zero-order valence-electron chi connectivity index (χ0n) is 27.0. The van der Waals surface area contributed by atoms with Gasteiger partial charge in [0.2, 0.25) is 0 Å². The van der Waals surface area contributed by atoms with Gasteiger partial charge in [0.15, 0.2) is 0 Å². The number of amides is 1. The molecule has 0 radical (unpaired) electrons. The molecule has 5 rings (SSSR count). The zero-order valence-corrected chi connectivity index (χ0v) is 27.0. The summed E-state index contributed by atoms with van der Waals surface area (Å²) in [5, 5.41) is 24.8. The van der Waals surface area contributed by atoms with Gasteiger partial charge in [-0.3, -0.25) is 9.36 Å². The van der Waals surface area contributed by atoms with Crippen molar-refractivity contribution in [3.63, 3.8) is 0 Å². The lowest BCUT2D eigenvalue weighted by Gasteiger charge is -2.40. The maximum atomic E-state index is 13.7. The molecule has 1 aliphatic rings. The molecule has 1 fully saturated rings. The monoisotopic (exact) mass is 678 g/mol. The number of fused-ring (bicyclic) bond motifs is 1. The van der Waals surface area contributed by atoms with Crippen LogP contribution < -0.4 is 20.9 Å². The molecule has 0 saturated heterocycles. The Morgan fingerprint density at radius 2 is 1.63 bits per heavy atom. The van der Waals surface area contributed by atoms with Crippen LogP contribution in [0.4, 0.5) is 18.0 Å². The Labute approximate surface area is 281 Å². The fourth-order valence-corrected chi connectivity index (χ4v) is 6.13. The number of pyridine rings is 1. The lowest BCUT2D eigenvalue weighted by molar-refractivity contribution is -0.192. The Hall–Kier alpha value is -5.35. The highest BCUT2D eigenvalue weighted by Gasteiger charge is 2.39. The van der Waals surface area contributed by atoms with E-state index >= 15 is 0 Å². The molecule has 3 N–H and O–H groups in total. The zero-order chi connectivity index (χ0) is 35.6. The van der Waals surface area contributed by atoms with E-state index in [1.54, 1.807) is 30.9 Å². The quantitative estimate of drug-likeness (QED) is 0.183. The van der Waals surface area contributed by atoms with E-state index in [0.717, 1.165) is 36.8 Å². The number of carbonyl (C=O) groups is 2. The SMILES string of the molecule is CNC(=O)O[C@H]1CC[C@@](CNCCn2c(C#N)c(-c3ccccc3)c3cc(OC)ccc3c2=O)(c2ccccc2)CC1.O=C(O)C(F)(F)F. The summed E-state index contributed by atoms with van der Waals surface area (Å²) in [4.78, 5) is 34.4. The molecule has 0 atom stereocenters. The van der Waals surface area contributed by atoms with Crippen LogP contribution in [0.3, 0.4) is 0 Å². The van der Waals surface area contributed by atoms with Crippen molar-refractivity contribution in [2.45, 2.75) is 49.9 Å². The number of benzene rings is 3. The van der Waals surface area contributed by atoms with Gasteiger partial charge in [-0.15, -0.1) is 0 Å². The van der Waals surface area contributed by atoms with Crippen LogP contribution in [-0.2, 0) is 21.5 Å². The number of methoxy groups -OCH3 is 1. The van der Waals surface area contributed by atoms with E-state index in [4.69, 9.17) is 19.4 Å². The molecule has 1 aliphatic carbocycles. The molecule has 3 aromatic carbocycles. The molecule has 49 heavy (non-hydrogen) atoms. The molecule has 13 heteroatoms. The van der Waals surface area contributed by atoms with Gasteiger partial charge in [-0.25, -0.2) is 9.59 Å². The number of carbonyl (C=O) groups excluding carboxylic acids is 1. The molecule has 1 heterocycles. The minimum atomic E-state index is -5.08. The summed E-state index contributed by atoms with van der Waals surface area (Å²) < 4.78 is 44.3. The van der Waals surface area contributed by atoms with Gasteiger partial charge in [-0.2, -0.15) is 18.4 Å². The topological polar surface area (TPSA) is 143 Å². The van der Waals surface area contributed by atoms with E-state index in [1.165, 1.54) is 5.56 Å². The van der Waals surface area contributed by atoms with E-state index in [-0.39, 0.29) is 17.1 Å². The molecule has 10 nitrogen and oxygen atoms in total. The van der Waals surface area contributed by atoms with Crippen LogP contribution in [0.2, 0.25) is 0 Å². The lowest BCUT2D eigenvalue weighted by atomic mass is 9.68. The average Bonchev–Trinajstić information content (AvgIpc) is 3.11. The fourth-order valence-electron chi connectivity index (χ4n) is 6.13. The Morgan fingerprint density at radius 3 is 2.18 bits per heavy atom. The Balaban J connectivity index is 0.000000698. The van der Waals surface area contributed by atoms with Gasteiger partial charge in [0, 0.05) is 48.4 Å². The van der Waals surface area contributed by atoms with Gasteiger partial charge in [0.05, 0.1) is 7.11 Å². The smallest absolute Gasteiger partial charge is 0.490 e. The molecule has 258 valence electrons. The maximum absolute atomic E-state index is 13.7. The molecule has 0 aliphatic heterocycles. The van der Waals surface area contributed by atoms with Crippen LogP contribution in [-0.4, -0.2) is 61.3 Å². The normalized spacial score (nSPS) is 17.3. The second kappa shape index (κ2) is 16.2. The molecule has 1 amide bonds. The van der Waals surface area contributed by atoms with E-state index in [9.17, 15) is 28.0 Å². The van der Waals surface area contributed by atoms with E-state index in [1.807, 2.05) is 42.5 Å². The van der Waals surface area contributed by atoms with Crippen molar-refractivity contribution in [2.24, 2.45) is 0 Å². The fraction of sp³-hybridized carbons (Fsp3) is 0.333. The average molecular weight is 679 g/mol. The predicted molar refractivity (Wildman–Crippen MR) is 177 cm³/mol. The highest BCUT2D eigenvalue weighted by Crippen LogP contribution is 2.40. The summed E-state index contributed by atoms with van der Waals surface area (Å²) in [6, 6.07) is 27.8. The van der Waals surface area contributed by atoms with Gasteiger partial charge in [-0.05, 0) is 55.0 Å². The first-order valence-electron chi connectivity index (χ1n) is 15.6. The van der Waals surface area contributed by atoms with Crippen molar-refractivity contribution in [1.29, 1.82) is 5.26 Å². The minimum absolute atomic E-state index is 0.105. The summed E-state index contributed by atoms with van der Waals surface area (Å²) in [5.74, 6) is -2.13. The number of aromatic nitrogens is 1. The molecular weight excluding hydrogens is 641 g/mol. The number of carboxylic acid groups (broad SMARTS) is 1. The number of hydrogen-bond acceptors (Lipinski definition) is 7. The molecule has 1 aromatic heterocycles. The van der Waals surface area contributed by atoms with Crippen LogP contribution in [0.25, 0.3) is 21.9 Å². The van der Waals surface area contributed by atoms with E-state index in [2.05, 4.69) is 41.0 Å². The summed E-state index contributed by atoms with van der Waals surface area (Å²) in [7, 11) is 3.16. The molecule has 0 unspecified atom stereocenters. The number of hydrogen-bond donors (Lipinski definition) is 3. The minimum Gasteiger partial charge on any atom is -0.497 e. The third kappa shape index (κ3) is 8.77. The number of aliphatic carboxylic acids is 1. The van der Waals surface area contributed by atoms with Crippen LogP contribution in [0, 0.1) is 11.3 Å². The van der Waals surface area contributed by atoms with Gasteiger partial charge in [0.25, 0.3) is 5.56 Å². The first-order valence-corrected chi connectivity index (χ1v) is 15.6. The Kier molecular flexibility index (Phi) is 12.0. The van der Waals surface area contributed by atoms with Crippen molar-refractivity contribution in [2.75, 3.05) is 27.2 Å². The summed E-state index contributed by atoms with van der Waals surface area (Å²) in [5.41, 5.74) is 2.85. The number of halogens is 3. The maximum Gasteiger partial charge on any atom is 0.490 e. The lowest BCUT2D eigenvalue weighted by Crippen LogP contribution is -2.44. The van der Waals surface area contributed by atoms with E-state index in [0.29, 0.717) is 41.9 Å². The van der Waals surface area contributed by atoms with Gasteiger partial charge in [0.1, 0.15) is 23.6 Å². The van der Waals surface area contributed by atoms with Crippen LogP contribution >= 0.6 is 0 Å². The highest BCUT2D eigenvalue weighted by molar-refractivity contribution is 5.99. The first kappa shape index (κ1) is 36.5. The molecule has 0 bridgehead atoms. The number of nitriles is 1. The Morgan fingerprint density at radius 1 is 1.02 bits per heavy atom. The second-order valence-corrected chi connectivity index (χ2v) is 11.6. The molecule has 4 aromatic rings. The second-order valence-electron chi connectivity index (χ2n) is 11.6. The van der Waals surface area contributed by atoms with E-state index < -0.39 is 18.2 Å². The number of nitrogens with one attached hydrogen (secondary N) is 2. The summed E-state index contributed by atoms with van der Waals surface area (Å²) in [6.07, 6.45) is -2.30. The highest BCUT2D eigenvalue weighted by atomic mass is 19.4. The largest absolute Gasteiger partial charge is 0.497 e. The summed E-state index contributed by atoms with van der Waals surface area (Å²) in [6.45, 7) is 1.56. The third-order valence-electron chi connectivity index (χ3n) is 8.62. The Bertz CT molecular complexity index is 1850. The van der Waals surface area contributed by atoms with Gasteiger partial charge in [-0.1, -0.05) is 60.7 Å². The molecule has 1 saturated carbocycles. The molecule has 0 spiro atoms. The third-order valence-corrected chi connectivity index (χ3v) is 8.62. The number of rotatable bonds is 9. The number of carboxylic acids is 1. The van der Waals surface area contributed by atoms with Crippen LogP contribution in [0.15, 0.2) is 83.7 Å². The standard InChI is InChI=1S/C34H36N4O4.C2HF3O2/c1-36-33(40)42-26-15-17-34(18-16-26,25-11-7-4-8-12-25)23-37-19-20-38-30(22-35)31(24-9-5-3-6-10-24)29-21-27(41-2)13-14-28(29)32(38)39;3-2(4,5)1(6)7/h3-14,21,26,37H,15-20,23H2,1-2H3,(H,36,40);(H,6,7)/t26-,34+;. The van der Waals surface area contributed by atoms with Crippen LogP contribution in [0.5, 0.6) is 5.75 Å². The van der Waals surface area contributed by atoms with Crippen molar-refractivity contribution in [1.82, 2.24) is 15.2 Å². The van der Waals surface area contributed by atoms with Gasteiger partial charge < -0.3 is 25.2 Å². The number of nitrogens with zero attached hydrogens (tertiary/aromatic N) is 2. The number of ether oxygens (including phenoxy) is 2. The number of alkyl halides is 3. The first-order chi connectivity index (χ1) is 23.4.